The molecule has 1 N–H and O–H groups in total. The highest BCUT2D eigenvalue weighted by atomic mass is 16.3. The lowest BCUT2D eigenvalue weighted by Gasteiger charge is -2.36. The number of aliphatic imine (C=N–C) groups is 1. The maximum absolute atomic E-state index is 12.3. The fraction of sp³-hybridized carbons (Fsp3) is 0.625. The Hall–Kier alpha value is -2.02. The Morgan fingerprint density at radius 3 is 2.52 bits per heavy atom. The minimum atomic E-state index is -0.0321. The van der Waals surface area contributed by atoms with Gasteiger partial charge in [0.25, 0.3) is 5.91 Å². The predicted octanol–water partition coefficient (Wildman–Crippen LogP) is 0.319. The molecule has 0 saturated carbocycles. The van der Waals surface area contributed by atoms with Crippen LogP contribution in [0.5, 0.6) is 0 Å². The zero-order chi connectivity index (χ0) is 16.1. The number of nitrogens with one attached hydrogen (secondary N) is 1. The van der Waals surface area contributed by atoms with E-state index in [0.717, 1.165) is 32.1 Å². The third kappa shape index (κ3) is 3.85. The van der Waals surface area contributed by atoms with Crippen molar-refractivity contribution in [1.82, 2.24) is 20.0 Å². The summed E-state index contributed by atoms with van der Waals surface area (Å²) in [6.45, 7) is 7.36. The smallest absolute Gasteiger partial charge is 0.289 e. The van der Waals surface area contributed by atoms with Crippen LogP contribution >= 0.6 is 0 Å². The van der Waals surface area contributed by atoms with E-state index in [-0.39, 0.29) is 5.91 Å². The quantitative estimate of drug-likeness (QED) is 0.639. The molecule has 0 aromatic carbocycles. The maximum atomic E-state index is 12.3. The molecule has 0 radical (unpaired) electrons. The van der Waals surface area contributed by atoms with Crippen molar-refractivity contribution >= 4 is 11.9 Å². The number of amides is 1. The van der Waals surface area contributed by atoms with Crippen LogP contribution in [0.2, 0.25) is 0 Å². The van der Waals surface area contributed by atoms with Crippen LogP contribution in [0.25, 0.3) is 0 Å². The van der Waals surface area contributed by atoms with Gasteiger partial charge in [0.2, 0.25) is 0 Å². The number of furan rings is 1. The van der Waals surface area contributed by atoms with Gasteiger partial charge in [-0.3, -0.25) is 9.79 Å². The Kier molecular flexibility index (Phi) is 5.17. The molecule has 0 atom stereocenters. The monoisotopic (exact) mass is 319 g/mol. The van der Waals surface area contributed by atoms with Crippen LogP contribution < -0.4 is 5.32 Å². The number of guanidine groups is 1. The fourth-order valence-electron chi connectivity index (χ4n) is 2.94. The van der Waals surface area contributed by atoms with E-state index in [1.54, 1.807) is 12.1 Å². The van der Waals surface area contributed by atoms with E-state index in [2.05, 4.69) is 20.1 Å². The molecule has 1 aromatic rings. The lowest BCUT2D eigenvalue weighted by Crippen LogP contribution is -2.54. The first-order chi connectivity index (χ1) is 11.3. The SMILES string of the molecule is CN=C(NCCN1CCC1)N1CCN(C(=O)c2ccco2)CC1. The van der Waals surface area contributed by atoms with Crippen LogP contribution in [0.3, 0.4) is 0 Å². The van der Waals surface area contributed by atoms with Gasteiger partial charge in [0.1, 0.15) is 0 Å². The summed E-state index contributed by atoms with van der Waals surface area (Å²) in [6, 6.07) is 3.46. The van der Waals surface area contributed by atoms with E-state index >= 15 is 0 Å². The summed E-state index contributed by atoms with van der Waals surface area (Å²) in [5.74, 6) is 1.31. The largest absolute Gasteiger partial charge is 0.459 e. The van der Waals surface area contributed by atoms with Crippen molar-refractivity contribution in [3.63, 3.8) is 0 Å². The van der Waals surface area contributed by atoms with Gasteiger partial charge < -0.3 is 24.4 Å². The molecule has 2 aliphatic rings. The summed E-state index contributed by atoms with van der Waals surface area (Å²) >= 11 is 0. The van der Waals surface area contributed by atoms with Crippen LogP contribution in [0.1, 0.15) is 17.0 Å². The van der Waals surface area contributed by atoms with E-state index in [1.807, 2.05) is 11.9 Å². The second-order valence-corrected chi connectivity index (χ2v) is 5.93. The van der Waals surface area contributed by atoms with Gasteiger partial charge in [-0.1, -0.05) is 0 Å². The minimum absolute atomic E-state index is 0.0321. The molecule has 2 fully saturated rings. The van der Waals surface area contributed by atoms with Crippen LogP contribution in [0.15, 0.2) is 27.8 Å². The molecule has 1 amide bonds. The van der Waals surface area contributed by atoms with Gasteiger partial charge in [-0.15, -0.1) is 0 Å². The molecular weight excluding hydrogens is 294 g/mol. The molecule has 7 heteroatoms. The van der Waals surface area contributed by atoms with Gasteiger partial charge >= 0.3 is 0 Å². The minimum Gasteiger partial charge on any atom is -0.459 e. The van der Waals surface area contributed by atoms with Gasteiger partial charge in [-0.2, -0.15) is 0 Å². The van der Waals surface area contributed by atoms with Crippen molar-refractivity contribution in [2.45, 2.75) is 6.42 Å². The molecule has 0 bridgehead atoms. The number of carbonyl (C=O) groups is 1. The number of rotatable bonds is 4. The van der Waals surface area contributed by atoms with Gasteiger partial charge in [0, 0.05) is 46.3 Å². The maximum Gasteiger partial charge on any atom is 0.289 e. The number of likely N-dealkylation sites (tertiary alicyclic amines) is 1. The highest BCUT2D eigenvalue weighted by Crippen LogP contribution is 2.09. The zero-order valence-electron chi connectivity index (χ0n) is 13.7. The second kappa shape index (κ2) is 7.50. The number of carbonyl (C=O) groups excluding carboxylic acids is 1. The third-order valence-corrected chi connectivity index (χ3v) is 4.47. The van der Waals surface area contributed by atoms with E-state index in [1.165, 1.54) is 25.8 Å². The van der Waals surface area contributed by atoms with E-state index in [4.69, 9.17) is 4.42 Å². The number of hydrogen-bond donors (Lipinski definition) is 1. The van der Waals surface area contributed by atoms with Gasteiger partial charge in [0.15, 0.2) is 11.7 Å². The molecule has 3 rings (SSSR count). The van der Waals surface area contributed by atoms with E-state index < -0.39 is 0 Å². The van der Waals surface area contributed by atoms with Crippen molar-refractivity contribution in [2.75, 3.05) is 59.4 Å². The van der Waals surface area contributed by atoms with Gasteiger partial charge in [0.05, 0.1) is 6.26 Å². The lowest BCUT2D eigenvalue weighted by molar-refractivity contribution is 0.0657. The van der Waals surface area contributed by atoms with Crippen LogP contribution in [0, 0.1) is 0 Å². The number of piperazine rings is 1. The summed E-state index contributed by atoms with van der Waals surface area (Å²) in [5.41, 5.74) is 0. The average molecular weight is 319 g/mol. The summed E-state index contributed by atoms with van der Waals surface area (Å²) in [7, 11) is 1.81. The molecule has 0 unspecified atom stereocenters. The predicted molar refractivity (Wildman–Crippen MR) is 88.6 cm³/mol. The van der Waals surface area contributed by atoms with Crippen molar-refractivity contribution in [2.24, 2.45) is 4.99 Å². The third-order valence-electron chi connectivity index (χ3n) is 4.47. The van der Waals surface area contributed by atoms with Crippen molar-refractivity contribution in [3.8, 4) is 0 Å². The van der Waals surface area contributed by atoms with Crippen molar-refractivity contribution in [1.29, 1.82) is 0 Å². The van der Waals surface area contributed by atoms with Crippen LogP contribution in [-0.4, -0.2) is 86.0 Å². The molecule has 3 heterocycles. The zero-order valence-corrected chi connectivity index (χ0v) is 13.7. The fourth-order valence-corrected chi connectivity index (χ4v) is 2.94. The van der Waals surface area contributed by atoms with E-state index in [9.17, 15) is 4.79 Å². The van der Waals surface area contributed by atoms with E-state index in [0.29, 0.717) is 18.8 Å². The van der Waals surface area contributed by atoms with Crippen molar-refractivity contribution in [3.05, 3.63) is 24.2 Å². The average Bonchev–Trinajstić information content (AvgIpc) is 3.07. The topological polar surface area (TPSA) is 64.3 Å². The molecule has 0 spiro atoms. The Morgan fingerprint density at radius 2 is 1.96 bits per heavy atom. The second-order valence-electron chi connectivity index (χ2n) is 5.93. The molecule has 23 heavy (non-hydrogen) atoms. The lowest BCUT2D eigenvalue weighted by atomic mass is 10.2. The Morgan fingerprint density at radius 1 is 1.22 bits per heavy atom. The van der Waals surface area contributed by atoms with Crippen LogP contribution in [-0.2, 0) is 0 Å². The Balaban J connectivity index is 1.44. The molecule has 7 nitrogen and oxygen atoms in total. The Labute approximate surface area is 136 Å². The molecule has 1 aromatic heterocycles. The number of nitrogens with zero attached hydrogens (tertiary/aromatic N) is 4. The molecule has 2 saturated heterocycles. The van der Waals surface area contributed by atoms with Gasteiger partial charge in [-0.25, -0.2) is 0 Å². The summed E-state index contributed by atoms with van der Waals surface area (Å²) in [4.78, 5) is 23.1. The molecule has 2 aliphatic heterocycles. The Bertz CT molecular complexity index is 531. The summed E-state index contributed by atoms with van der Waals surface area (Å²) in [5, 5.41) is 3.42. The van der Waals surface area contributed by atoms with Gasteiger partial charge in [-0.05, 0) is 31.6 Å². The highest BCUT2D eigenvalue weighted by Gasteiger charge is 2.25. The normalized spacial score (nSPS) is 19.6. The highest BCUT2D eigenvalue weighted by molar-refractivity contribution is 5.91. The molecule has 0 aliphatic carbocycles. The van der Waals surface area contributed by atoms with Crippen molar-refractivity contribution < 1.29 is 9.21 Å². The summed E-state index contributed by atoms with van der Waals surface area (Å²) in [6.07, 6.45) is 2.85. The molecular formula is C16H25N5O2. The summed E-state index contributed by atoms with van der Waals surface area (Å²) < 4.78 is 5.19. The first-order valence-corrected chi connectivity index (χ1v) is 8.28. The standard InChI is InChI=1S/C16H25N5O2/c1-17-16(18-5-8-19-6-3-7-19)21-11-9-20(10-12-21)15(22)14-4-2-13-23-14/h2,4,13H,3,5-12H2,1H3,(H,17,18). The number of hydrogen-bond acceptors (Lipinski definition) is 4. The molecule has 126 valence electrons. The first kappa shape index (κ1) is 15.9. The first-order valence-electron chi connectivity index (χ1n) is 8.28. The van der Waals surface area contributed by atoms with Crippen LogP contribution in [0.4, 0.5) is 0 Å².